The molecule has 0 aromatic heterocycles. The van der Waals surface area contributed by atoms with Crippen molar-refractivity contribution in [3.05, 3.63) is 0 Å². The Bertz CT molecular complexity index is 188. The predicted molar refractivity (Wildman–Crippen MR) is 73.8 cm³/mol. The third-order valence-electron chi connectivity index (χ3n) is 2.67. The summed E-state index contributed by atoms with van der Waals surface area (Å²) < 4.78 is 5.27. The third kappa shape index (κ3) is 6.28. The normalized spacial score (nSPS) is 12.2. The summed E-state index contributed by atoms with van der Waals surface area (Å²) in [5.41, 5.74) is 0. The molecule has 1 atom stereocenters. The van der Waals surface area contributed by atoms with E-state index < -0.39 is 0 Å². The van der Waals surface area contributed by atoms with Gasteiger partial charge < -0.3 is 15.0 Å². The van der Waals surface area contributed by atoms with Crippen molar-refractivity contribution in [2.24, 2.45) is 0 Å². The van der Waals surface area contributed by atoms with E-state index in [0.717, 1.165) is 44.3 Å². The zero-order valence-corrected chi connectivity index (χ0v) is 11.9. The molecular formula is C12H26N2OS. The zero-order valence-electron chi connectivity index (χ0n) is 11.1. The van der Waals surface area contributed by atoms with Crippen LogP contribution in [0.3, 0.4) is 0 Å². The molecule has 4 heteroatoms. The summed E-state index contributed by atoms with van der Waals surface area (Å²) in [5, 5.41) is 4.15. The lowest BCUT2D eigenvalue weighted by Gasteiger charge is -2.30. The fourth-order valence-electron chi connectivity index (χ4n) is 1.49. The molecule has 16 heavy (non-hydrogen) atoms. The van der Waals surface area contributed by atoms with Gasteiger partial charge in [0.2, 0.25) is 0 Å². The molecule has 0 radical (unpaired) electrons. The highest BCUT2D eigenvalue weighted by molar-refractivity contribution is 7.80. The van der Waals surface area contributed by atoms with E-state index in [0.29, 0.717) is 6.04 Å². The minimum Gasteiger partial charge on any atom is -0.382 e. The van der Waals surface area contributed by atoms with Crippen molar-refractivity contribution >= 4 is 17.3 Å². The maximum absolute atomic E-state index is 5.37. The smallest absolute Gasteiger partial charge is 0.169 e. The average molecular weight is 246 g/mol. The van der Waals surface area contributed by atoms with Crippen molar-refractivity contribution in [1.82, 2.24) is 10.2 Å². The van der Waals surface area contributed by atoms with E-state index >= 15 is 0 Å². The maximum atomic E-state index is 5.37. The van der Waals surface area contributed by atoms with Crippen LogP contribution in [-0.4, -0.2) is 42.4 Å². The molecule has 0 bridgehead atoms. The third-order valence-corrected chi connectivity index (χ3v) is 3.05. The van der Waals surface area contributed by atoms with Gasteiger partial charge in [-0.25, -0.2) is 0 Å². The van der Waals surface area contributed by atoms with Gasteiger partial charge in [-0.1, -0.05) is 6.92 Å². The molecule has 3 nitrogen and oxygen atoms in total. The second-order valence-electron chi connectivity index (χ2n) is 3.83. The minimum absolute atomic E-state index is 0.511. The topological polar surface area (TPSA) is 24.5 Å². The highest BCUT2D eigenvalue weighted by Crippen LogP contribution is 2.03. The van der Waals surface area contributed by atoms with E-state index in [4.69, 9.17) is 17.0 Å². The highest BCUT2D eigenvalue weighted by Gasteiger charge is 2.12. The van der Waals surface area contributed by atoms with Crippen LogP contribution in [0.5, 0.6) is 0 Å². The zero-order chi connectivity index (χ0) is 12.4. The molecule has 0 rings (SSSR count). The molecule has 96 valence electrons. The molecule has 0 aliphatic heterocycles. The van der Waals surface area contributed by atoms with Crippen molar-refractivity contribution < 1.29 is 4.74 Å². The average Bonchev–Trinajstić information content (AvgIpc) is 2.29. The summed E-state index contributed by atoms with van der Waals surface area (Å²) in [4.78, 5) is 2.23. The van der Waals surface area contributed by atoms with Crippen LogP contribution in [0.4, 0.5) is 0 Å². The van der Waals surface area contributed by atoms with E-state index in [9.17, 15) is 0 Å². The van der Waals surface area contributed by atoms with Crippen LogP contribution in [0.2, 0.25) is 0 Å². The Hall–Kier alpha value is -0.350. The van der Waals surface area contributed by atoms with Crippen molar-refractivity contribution in [2.45, 2.75) is 46.6 Å². The van der Waals surface area contributed by atoms with Crippen LogP contribution in [0.1, 0.15) is 40.5 Å². The van der Waals surface area contributed by atoms with Crippen LogP contribution in [0, 0.1) is 0 Å². The molecule has 0 saturated carbocycles. The lowest BCUT2D eigenvalue weighted by Crippen LogP contribution is -2.44. The van der Waals surface area contributed by atoms with E-state index in [1.54, 1.807) is 0 Å². The van der Waals surface area contributed by atoms with Gasteiger partial charge in [0.15, 0.2) is 5.11 Å². The quantitative estimate of drug-likeness (QED) is 0.525. The van der Waals surface area contributed by atoms with Gasteiger partial charge in [0, 0.05) is 32.3 Å². The molecule has 0 aromatic rings. The second kappa shape index (κ2) is 9.85. The van der Waals surface area contributed by atoms with Gasteiger partial charge in [-0.3, -0.25) is 0 Å². The Morgan fingerprint density at radius 2 is 2.06 bits per heavy atom. The van der Waals surface area contributed by atoms with Gasteiger partial charge in [-0.05, 0) is 45.8 Å². The largest absolute Gasteiger partial charge is 0.382 e. The molecule has 0 spiro atoms. The van der Waals surface area contributed by atoms with Crippen LogP contribution >= 0.6 is 12.2 Å². The molecule has 0 heterocycles. The number of hydrogen-bond donors (Lipinski definition) is 1. The summed E-state index contributed by atoms with van der Waals surface area (Å²) >= 11 is 5.37. The molecule has 0 saturated heterocycles. The predicted octanol–water partition coefficient (Wildman–Crippen LogP) is 2.41. The number of nitrogens with one attached hydrogen (secondary N) is 1. The molecule has 0 amide bonds. The Balaban J connectivity index is 3.76. The lowest BCUT2D eigenvalue weighted by molar-refractivity contribution is 0.145. The van der Waals surface area contributed by atoms with Crippen LogP contribution in [0.15, 0.2) is 0 Å². The standard InChI is InChI=1S/C12H26N2OS/c1-5-11(4)14(6-2)12(16)13-9-8-10-15-7-3/h11H,5-10H2,1-4H3,(H,13,16). The van der Waals surface area contributed by atoms with E-state index in [1.165, 1.54) is 0 Å². The summed E-state index contributed by atoms with van der Waals surface area (Å²) in [6.07, 6.45) is 2.13. The van der Waals surface area contributed by atoms with Gasteiger partial charge in [-0.2, -0.15) is 0 Å². The Morgan fingerprint density at radius 3 is 2.56 bits per heavy atom. The number of nitrogens with zero attached hydrogens (tertiary/aromatic N) is 1. The molecule has 1 N–H and O–H groups in total. The molecule has 0 aliphatic carbocycles. The number of ether oxygens (including phenoxy) is 1. The Morgan fingerprint density at radius 1 is 1.38 bits per heavy atom. The first-order valence-electron chi connectivity index (χ1n) is 6.29. The Kier molecular flexibility index (Phi) is 9.63. The molecular weight excluding hydrogens is 220 g/mol. The number of hydrogen-bond acceptors (Lipinski definition) is 2. The van der Waals surface area contributed by atoms with Crippen molar-refractivity contribution in [1.29, 1.82) is 0 Å². The van der Waals surface area contributed by atoms with Gasteiger partial charge >= 0.3 is 0 Å². The van der Waals surface area contributed by atoms with Crippen LogP contribution in [0.25, 0.3) is 0 Å². The first-order chi connectivity index (χ1) is 7.67. The van der Waals surface area contributed by atoms with Crippen LogP contribution < -0.4 is 5.32 Å². The van der Waals surface area contributed by atoms with Crippen LogP contribution in [-0.2, 0) is 4.74 Å². The van der Waals surface area contributed by atoms with E-state index in [-0.39, 0.29) is 0 Å². The Labute approximate surface area is 106 Å². The van der Waals surface area contributed by atoms with Gasteiger partial charge in [0.1, 0.15) is 0 Å². The highest BCUT2D eigenvalue weighted by atomic mass is 32.1. The second-order valence-corrected chi connectivity index (χ2v) is 4.21. The molecule has 1 unspecified atom stereocenters. The summed E-state index contributed by atoms with van der Waals surface area (Å²) in [6.45, 7) is 12.0. The minimum atomic E-state index is 0.511. The first-order valence-corrected chi connectivity index (χ1v) is 6.70. The molecule has 0 aromatic carbocycles. The lowest BCUT2D eigenvalue weighted by atomic mass is 10.2. The van der Waals surface area contributed by atoms with Crippen molar-refractivity contribution in [2.75, 3.05) is 26.3 Å². The maximum Gasteiger partial charge on any atom is 0.169 e. The fourth-order valence-corrected chi connectivity index (χ4v) is 1.90. The summed E-state index contributed by atoms with van der Waals surface area (Å²) in [5.74, 6) is 0. The van der Waals surface area contributed by atoms with E-state index in [1.807, 2.05) is 6.92 Å². The van der Waals surface area contributed by atoms with Gasteiger partial charge in [0.25, 0.3) is 0 Å². The number of thiocarbonyl (C=S) groups is 1. The SMILES string of the molecule is CCOCCCNC(=S)N(CC)C(C)CC. The molecule has 0 fully saturated rings. The van der Waals surface area contributed by atoms with Gasteiger partial charge in [-0.15, -0.1) is 0 Å². The van der Waals surface area contributed by atoms with Crippen molar-refractivity contribution in [3.8, 4) is 0 Å². The van der Waals surface area contributed by atoms with Gasteiger partial charge in [0.05, 0.1) is 0 Å². The molecule has 0 aliphatic rings. The van der Waals surface area contributed by atoms with E-state index in [2.05, 4.69) is 31.0 Å². The first kappa shape index (κ1) is 15.7. The number of rotatable bonds is 8. The summed E-state index contributed by atoms with van der Waals surface area (Å²) in [6, 6.07) is 0.511. The monoisotopic (exact) mass is 246 g/mol. The van der Waals surface area contributed by atoms with Crippen molar-refractivity contribution in [3.63, 3.8) is 0 Å². The fraction of sp³-hybridized carbons (Fsp3) is 0.917. The summed E-state index contributed by atoms with van der Waals surface area (Å²) in [7, 11) is 0.